The van der Waals surface area contributed by atoms with Crippen molar-refractivity contribution >= 4 is 0 Å². The zero-order valence-electron chi connectivity index (χ0n) is 11.5. The van der Waals surface area contributed by atoms with Crippen molar-refractivity contribution in [2.24, 2.45) is 0 Å². The van der Waals surface area contributed by atoms with Gasteiger partial charge in [-0.3, -0.25) is 0 Å². The smallest absolute Gasteiger partial charge is 0.0208 e. The summed E-state index contributed by atoms with van der Waals surface area (Å²) in [6.07, 6.45) is 2.55. The predicted molar refractivity (Wildman–Crippen MR) is 80.2 cm³/mol. The number of aryl methyl sites for hydroxylation is 1. The minimum atomic E-state index is 0.686. The van der Waals surface area contributed by atoms with Crippen LogP contribution in [0, 0.1) is 6.92 Å². The summed E-state index contributed by atoms with van der Waals surface area (Å²) in [5.74, 6) is 0.760. The lowest BCUT2D eigenvalue weighted by Gasteiger charge is -2.36. The fourth-order valence-corrected chi connectivity index (χ4v) is 2.87. The Bertz CT molecular complexity index is 526. The predicted octanol–water partition coefficient (Wildman–Crippen LogP) is 4.03. The Morgan fingerprint density at radius 3 is 2.53 bits per heavy atom. The maximum Gasteiger partial charge on any atom is 0.0208 e. The minimum Gasteiger partial charge on any atom is -0.310 e. The van der Waals surface area contributed by atoms with E-state index >= 15 is 0 Å². The highest BCUT2D eigenvalue weighted by atomic mass is 14.9. The molecule has 1 N–H and O–H groups in total. The number of hydrogen-bond donors (Lipinski definition) is 1. The third kappa shape index (κ3) is 3.05. The second-order valence-electron chi connectivity index (χ2n) is 5.65. The molecule has 19 heavy (non-hydrogen) atoms. The molecular formula is C18H21N. The normalized spacial score (nSPS) is 21.9. The first-order valence-electron chi connectivity index (χ1n) is 7.15. The van der Waals surface area contributed by atoms with Gasteiger partial charge in [-0.05, 0) is 36.8 Å². The van der Waals surface area contributed by atoms with E-state index in [0.29, 0.717) is 6.04 Å². The summed E-state index contributed by atoms with van der Waals surface area (Å²) in [5, 5.41) is 3.66. The van der Waals surface area contributed by atoms with Crippen molar-refractivity contribution in [1.82, 2.24) is 5.32 Å². The molecule has 0 spiro atoms. The van der Waals surface area contributed by atoms with Gasteiger partial charge < -0.3 is 5.32 Å². The third-order valence-electron chi connectivity index (χ3n) is 4.09. The quantitative estimate of drug-likeness (QED) is 0.865. The number of nitrogens with one attached hydrogen (secondary N) is 1. The molecule has 1 nitrogen and oxygen atoms in total. The first-order valence-corrected chi connectivity index (χ1v) is 7.15. The first kappa shape index (κ1) is 12.4. The Morgan fingerprint density at radius 1 is 1.00 bits per heavy atom. The average Bonchev–Trinajstić information content (AvgIpc) is 2.38. The molecule has 3 rings (SSSR count). The van der Waals surface area contributed by atoms with Gasteiger partial charge in [0.15, 0.2) is 0 Å². The van der Waals surface area contributed by atoms with Gasteiger partial charge in [0.05, 0.1) is 0 Å². The summed E-state index contributed by atoms with van der Waals surface area (Å²) in [6.45, 7) is 3.14. The molecule has 0 radical (unpaired) electrons. The maximum atomic E-state index is 3.66. The van der Waals surface area contributed by atoms with E-state index in [4.69, 9.17) is 0 Å². The zero-order chi connectivity index (χ0) is 13.1. The second kappa shape index (κ2) is 5.58. The lowest BCUT2D eigenvalue weighted by Crippen LogP contribution is -2.39. The maximum absolute atomic E-state index is 3.66. The summed E-state index contributed by atoms with van der Waals surface area (Å²) in [5.41, 5.74) is 4.23. The Morgan fingerprint density at radius 2 is 1.79 bits per heavy atom. The molecule has 0 aromatic heterocycles. The van der Waals surface area contributed by atoms with Crippen LogP contribution >= 0.6 is 0 Å². The van der Waals surface area contributed by atoms with Gasteiger partial charge in [0.2, 0.25) is 0 Å². The van der Waals surface area contributed by atoms with E-state index < -0.39 is 0 Å². The largest absolute Gasteiger partial charge is 0.310 e. The zero-order valence-corrected chi connectivity index (χ0v) is 11.5. The van der Waals surface area contributed by atoms with Gasteiger partial charge in [0, 0.05) is 12.6 Å². The summed E-state index contributed by atoms with van der Waals surface area (Å²) in [4.78, 5) is 0. The van der Waals surface area contributed by atoms with Crippen LogP contribution in [0.1, 0.15) is 35.4 Å². The fourth-order valence-electron chi connectivity index (χ4n) is 2.87. The van der Waals surface area contributed by atoms with Crippen LogP contribution in [0.3, 0.4) is 0 Å². The van der Waals surface area contributed by atoms with Gasteiger partial charge in [-0.15, -0.1) is 0 Å². The molecule has 0 atom stereocenters. The molecule has 0 unspecified atom stereocenters. The number of hydrogen-bond acceptors (Lipinski definition) is 1. The van der Waals surface area contributed by atoms with Crippen LogP contribution < -0.4 is 5.32 Å². The average molecular weight is 251 g/mol. The topological polar surface area (TPSA) is 12.0 Å². The van der Waals surface area contributed by atoms with Gasteiger partial charge >= 0.3 is 0 Å². The van der Waals surface area contributed by atoms with Gasteiger partial charge in [0.25, 0.3) is 0 Å². The Kier molecular flexibility index (Phi) is 3.65. The SMILES string of the molecule is Cc1cccc(CNC2CC(c3ccccc3)C2)c1. The molecule has 98 valence electrons. The van der Waals surface area contributed by atoms with Crippen molar-refractivity contribution in [3.8, 4) is 0 Å². The summed E-state index contributed by atoms with van der Waals surface area (Å²) in [6, 6.07) is 20.3. The van der Waals surface area contributed by atoms with Crippen LogP contribution in [0.25, 0.3) is 0 Å². The van der Waals surface area contributed by atoms with E-state index in [2.05, 4.69) is 66.8 Å². The van der Waals surface area contributed by atoms with Crippen LogP contribution in [-0.2, 0) is 6.54 Å². The van der Waals surface area contributed by atoms with Crippen LogP contribution in [-0.4, -0.2) is 6.04 Å². The Balaban J connectivity index is 1.47. The molecule has 1 saturated carbocycles. The fraction of sp³-hybridized carbons (Fsp3) is 0.333. The molecule has 2 aromatic carbocycles. The molecule has 1 fully saturated rings. The molecule has 0 saturated heterocycles. The second-order valence-corrected chi connectivity index (χ2v) is 5.65. The van der Waals surface area contributed by atoms with Gasteiger partial charge in [-0.25, -0.2) is 0 Å². The summed E-state index contributed by atoms with van der Waals surface area (Å²) < 4.78 is 0. The van der Waals surface area contributed by atoms with Crippen molar-refractivity contribution in [3.63, 3.8) is 0 Å². The van der Waals surface area contributed by atoms with Crippen molar-refractivity contribution in [3.05, 3.63) is 71.3 Å². The number of rotatable bonds is 4. The van der Waals surface area contributed by atoms with Gasteiger partial charge in [0.1, 0.15) is 0 Å². The molecular weight excluding hydrogens is 230 g/mol. The summed E-state index contributed by atoms with van der Waals surface area (Å²) >= 11 is 0. The summed E-state index contributed by atoms with van der Waals surface area (Å²) in [7, 11) is 0. The van der Waals surface area contributed by atoms with Crippen molar-refractivity contribution in [1.29, 1.82) is 0 Å². The van der Waals surface area contributed by atoms with E-state index in [9.17, 15) is 0 Å². The first-order chi connectivity index (χ1) is 9.31. The molecule has 0 amide bonds. The van der Waals surface area contributed by atoms with Crippen LogP contribution in [0.5, 0.6) is 0 Å². The minimum absolute atomic E-state index is 0.686. The highest BCUT2D eigenvalue weighted by Crippen LogP contribution is 2.36. The third-order valence-corrected chi connectivity index (χ3v) is 4.09. The van der Waals surface area contributed by atoms with E-state index in [-0.39, 0.29) is 0 Å². The van der Waals surface area contributed by atoms with Crippen LogP contribution in [0.2, 0.25) is 0 Å². The monoisotopic (exact) mass is 251 g/mol. The van der Waals surface area contributed by atoms with Gasteiger partial charge in [-0.1, -0.05) is 60.2 Å². The highest BCUT2D eigenvalue weighted by Gasteiger charge is 2.29. The lowest BCUT2D eigenvalue weighted by molar-refractivity contribution is 0.289. The molecule has 0 aliphatic heterocycles. The van der Waals surface area contributed by atoms with Crippen LogP contribution in [0.15, 0.2) is 54.6 Å². The Hall–Kier alpha value is -1.60. The van der Waals surface area contributed by atoms with E-state index in [1.807, 2.05) is 0 Å². The number of benzene rings is 2. The van der Waals surface area contributed by atoms with Crippen molar-refractivity contribution < 1.29 is 0 Å². The van der Waals surface area contributed by atoms with E-state index in [1.165, 1.54) is 29.5 Å². The standard InChI is InChI=1S/C18H21N/c1-14-6-5-7-15(10-14)13-19-18-11-17(12-18)16-8-3-2-4-9-16/h2-10,17-19H,11-13H2,1H3. The molecule has 1 heteroatoms. The van der Waals surface area contributed by atoms with Crippen molar-refractivity contribution in [2.45, 2.75) is 38.3 Å². The Labute approximate surface area is 115 Å². The molecule has 1 aliphatic rings. The highest BCUT2D eigenvalue weighted by molar-refractivity contribution is 5.24. The van der Waals surface area contributed by atoms with Gasteiger partial charge in [-0.2, -0.15) is 0 Å². The molecule has 1 aliphatic carbocycles. The molecule has 0 bridgehead atoms. The van der Waals surface area contributed by atoms with Crippen molar-refractivity contribution in [2.75, 3.05) is 0 Å². The van der Waals surface area contributed by atoms with E-state index in [1.54, 1.807) is 0 Å². The van der Waals surface area contributed by atoms with E-state index in [0.717, 1.165) is 12.5 Å². The van der Waals surface area contributed by atoms with Crippen LogP contribution in [0.4, 0.5) is 0 Å². The molecule has 0 heterocycles. The lowest BCUT2D eigenvalue weighted by atomic mass is 9.76. The molecule has 2 aromatic rings.